The van der Waals surface area contributed by atoms with Gasteiger partial charge in [-0.25, -0.2) is 0 Å². The molecule has 1 aromatic carbocycles. The normalized spacial score (nSPS) is 13.7. The highest BCUT2D eigenvalue weighted by molar-refractivity contribution is 5.77. The molecule has 0 unspecified atom stereocenters. The molecule has 3 N–H and O–H groups in total. The van der Waals surface area contributed by atoms with Crippen molar-refractivity contribution in [1.82, 2.24) is 5.32 Å². The zero-order valence-electron chi connectivity index (χ0n) is 12.5. The van der Waals surface area contributed by atoms with Crippen molar-refractivity contribution in [1.29, 1.82) is 0 Å². The Kier molecular flexibility index (Phi) is 5.27. The molecule has 0 saturated heterocycles. The average molecular weight is 294 g/mol. The highest BCUT2D eigenvalue weighted by atomic mass is 16.5. The number of carbonyl (C=O) groups excluding carboxylic acids is 1. The molecule has 0 aliphatic heterocycles. The number of methoxy groups -OCH3 is 2. The predicted molar refractivity (Wildman–Crippen MR) is 78.7 cm³/mol. The van der Waals surface area contributed by atoms with E-state index >= 15 is 0 Å². The fourth-order valence-corrected chi connectivity index (χ4v) is 1.96. The van der Waals surface area contributed by atoms with Crippen molar-refractivity contribution in [3.8, 4) is 17.2 Å². The third kappa shape index (κ3) is 4.26. The van der Waals surface area contributed by atoms with Gasteiger partial charge in [-0.15, -0.1) is 0 Å². The summed E-state index contributed by atoms with van der Waals surface area (Å²) in [7, 11) is 3.07. The molecule has 0 atom stereocenters. The molecule has 2 rings (SSSR count). The molecule has 0 spiro atoms. The minimum atomic E-state index is -0.145. The van der Waals surface area contributed by atoms with Gasteiger partial charge in [0.1, 0.15) is 0 Å². The van der Waals surface area contributed by atoms with Crippen LogP contribution in [0.4, 0.5) is 0 Å². The molecule has 1 aromatic rings. The van der Waals surface area contributed by atoms with Gasteiger partial charge in [-0.3, -0.25) is 4.79 Å². The zero-order valence-corrected chi connectivity index (χ0v) is 12.5. The number of rotatable bonds is 8. The lowest BCUT2D eigenvalue weighted by Gasteiger charge is -2.15. The summed E-state index contributed by atoms with van der Waals surface area (Å²) in [6.45, 7) is 1.03. The van der Waals surface area contributed by atoms with E-state index in [0.717, 1.165) is 12.1 Å². The van der Waals surface area contributed by atoms with E-state index in [1.807, 2.05) is 0 Å². The zero-order chi connectivity index (χ0) is 15.2. The Morgan fingerprint density at radius 3 is 2.38 bits per heavy atom. The Bertz CT molecular complexity index is 475. The molecular weight excluding hydrogens is 272 g/mol. The first kappa shape index (κ1) is 15.4. The number of carbonyl (C=O) groups is 1. The Morgan fingerprint density at radius 1 is 1.29 bits per heavy atom. The van der Waals surface area contributed by atoms with Gasteiger partial charge in [0, 0.05) is 13.1 Å². The lowest BCUT2D eigenvalue weighted by atomic mass is 10.2. The van der Waals surface area contributed by atoms with E-state index in [0.29, 0.717) is 29.7 Å². The van der Waals surface area contributed by atoms with Gasteiger partial charge in [0.25, 0.3) is 5.91 Å². The largest absolute Gasteiger partial charge is 0.493 e. The third-order valence-electron chi connectivity index (χ3n) is 3.39. The minimum absolute atomic E-state index is 0.0680. The highest BCUT2D eigenvalue weighted by Crippen LogP contribution is 2.38. The molecule has 6 heteroatoms. The number of amides is 1. The van der Waals surface area contributed by atoms with Crippen molar-refractivity contribution in [3.63, 3.8) is 0 Å². The molecule has 1 amide bonds. The maximum Gasteiger partial charge on any atom is 0.257 e. The van der Waals surface area contributed by atoms with Gasteiger partial charge in [0.05, 0.1) is 14.2 Å². The van der Waals surface area contributed by atoms with Crippen LogP contribution >= 0.6 is 0 Å². The monoisotopic (exact) mass is 294 g/mol. The summed E-state index contributed by atoms with van der Waals surface area (Å²) >= 11 is 0. The van der Waals surface area contributed by atoms with Crippen molar-refractivity contribution in [2.75, 3.05) is 27.4 Å². The lowest BCUT2D eigenvalue weighted by molar-refractivity contribution is -0.123. The summed E-state index contributed by atoms with van der Waals surface area (Å²) in [6, 6.07) is 3.56. The second-order valence-electron chi connectivity index (χ2n) is 5.07. The highest BCUT2D eigenvalue weighted by Gasteiger charge is 2.22. The van der Waals surface area contributed by atoms with Gasteiger partial charge < -0.3 is 25.3 Å². The molecule has 116 valence electrons. The van der Waals surface area contributed by atoms with Gasteiger partial charge in [-0.05, 0) is 36.5 Å². The second kappa shape index (κ2) is 7.17. The van der Waals surface area contributed by atoms with Crippen molar-refractivity contribution >= 4 is 5.91 Å². The Labute approximate surface area is 124 Å². The van der Waals surface area contributed by atoms with Gasteiger partial charge in [-0.2, -0.15) is 0 Å². The molecule has 0 aromatic heterocycles. The van der Waals surface area contributed by atoms with Crippen molar-refractivity contribution in [2.24, 2.45) is 11.7 Å². The molecule has 1 saturated carbocycles. The van der Waals surface area contributed by atoms with E-state index in [-0.39, 0.29) is 12.5 Å². The average Bonchev–Trinajstić information content (AvgIpc) is 3.34. The van der Waals surface area contributed by atoms with Crippen molar-refractivity contribution < 1.29 is 19.0 Å². The molecular formula is C15H22N2O4. The summed E-state index contributed by atoms with van der Waals surface area (Å²) in [5.74, 6) is 1.92. The van der Waals surface area contributed by atoms with Crippen molar-refractivity contribution in [3.05, 3.63) is 17.7 Å². The summed E-state index contributed by atoms with van der Waals surface area (Å²) in [5.41, 5.74) is 6.50. The van der Waals surface area contributed by atoms with E-state index in [1.165, 1.54) is 27.1 Å². The summed E-state index contributed by atoms with van der Waals surface area (Å²) in [6.07, 6.45) is 2.40. The first-order valence-corrected chi connectivity index (χ1v) is 7.02. The topological polar surface area (TPSA) is 82.8 Å². The molecule has 0 heterocycles. The Hall–Kier alpha value is -1.95. The van der Waals surface area contributed by atoms with Crippen LogP contribution in [0, 0.1) is 5.92 Å². The summed E-state index contributed by atoms with van der Waals surface area (Å²) in [5, 5.41) is 2.85. The van der Waals surface area contributed by atoms with Crippen LogP contribution in [0.25, 0.3) is 0 Å². The Morgan fingerprint density at radius 2 is 1.90 bits per heavy atom. The van der Waals surface area contributed by atoms with Gasteiger partial charge >= 0.3 is 0 Å². The van der Waals surface area contributed by atoms with E-state index in [4.69, 9.17) is 19.9 Å². The van der Waals surface area contributed by atoms with Crippen LogP contribution in [0.1, 0.15) is 18.4 Å². The first-order valence-electron chi connectivity index (χ1n) is 7.02. The number of hydrogen-bond donors (Lipinski definition) is 2. The number of nitrogens with two attached hydrogens (primary N) is 1. The van der Waals surface area contributed by atoms with Crippen molar-refractivity contribution in [2.45, 2.75) is 19.4 Å². The molecule has 6 nitrogen and oxygen atoms in total. The smallest absolute Gasteiger partial charge is 0.257 e. The number of hydrogen-bond acceptors (Lipinski definition) is 5. The first-order chi connectivity index (χ1) is 10.2. The summed E-state index contributed by atoms with van der Waals surface area (Å²) < 4.78 is 16.1. The van der Waals surface area contributed by atoms with Crippen LogP contribution in [0.2, 0.25) is 0 Å². The van der Waals surface area contributed by atoms with Crippen LogP contribution in [0.5, 0.6) is 17.2 Å². The van der Waals surface area contributed by atoms with E-state index in [2.05, 4.69) is 5.32 Å². The predicted octanol–water partition coefficient (Wildman–Crippen LogP) is 1.07. The fraction of sp³-hybridized carbons (Fsp3) is 0.533. The van der Waals surface area contributed by atoms with Crippen LogP contribution in [-0.2, 0) is 11.3 Å². The molecule has 0 bridgehead atoms. The van der Waals surface area contributed by atoms with Crippen LogP contribution in [0.3, 0.4) is 0 Å². The Balaban J connectivity index is 2.01. The van der Waals surface area contributed by atoms with E-state index in [9.17, 15) is 4.79 Å². The van der Waals surface area contributed by atoms with E-state index in [1.54, 1.807) is 12.1 Å². The number of ether oxygens (including phenoxy) is 3. The van der Waals surface area contributed by atoms with Gasteiger partial charge in [-0.1, -0.05) is 0 Å². The molecule has 1 aliphatic carbocycles. The SMILES string of the molecule is COc1cc(CN)cc(OC)c1OCC(=O)NCC1CC1. The van der Waals surface area contributed by atoms with Crippen LogP contribution < -0.4 is 25.3 Å². The number of nitrogens with one attached hydrogen (secondary N) is 1. The molecule has 1 aliphatic rings. The van der Waals surface area contributed by atoms with Crippen LogP contribution in [-0.4, -0.2) is 33.3 Å². The second-order valence-corrected chi connectivity index (χ2v) is 5.07. The van der Waals surface area contributed by atoms with Gasteiger partial charge in [0.2, 0.25) is 5.75 Å². The minimum Gasteiger partial charge on any atom is -0.493 e. The quantitative estimate of drug-likeness (QED) is 0.749. The van der Waals surface area contributed by atoms with Gasteiger partial charge in [0.15, 0.2) is 18.1 Å². The van der Waals surface area contributed by atoms with E-state index < -0.39 is 0 Å². The maximum absolute atomic E-state index is 11.7. The molecule has 1 fully saturated rings. The maximum atomic E-state index is 11.7. The lowest BCUT2D eigenvalue weighted by Crippen LogP contribution is -2.30. The number of benzene rings is 1. The fourth-order valence-electron chi connectivity index (χ4n) is 1.96. The standard InChI is InChI=1S/C15H22N2O4/c1-19-12-5-11(7-16)6-13(20-2)15(12)21-9-14(18)17-8-10-3-4-10/h5-6,10H,3-4,7-9,16H2,1-2H3,(H,17,18). The van der Waals surface area contributed by atoms with Crippen LogP contribution in [0.15, 0.2) is 12.1 Å². The summed E-state index contributed by atoms with van der Waals surface area (Å²) in [4.78, 5) is 11.7. The molecule has 21 heavy (non-hydrogen) atoms. The third-order valence-corrected chi connectivity index (χ3v) is 3.39. The molecule has 0 radical (unpaired) electrons.